The van der Waals surface area contributed by atoms with Gasteiger partial charge in [0.25, 0.3) is 0 Å². The number of aromatic amines is 1. The van der Waals surface area contributed by atoms with Crippen molar-refractivity contribution in [3.63, 3.8) is 0 Å². The zero-order valence-electron chi connectivity index (χ0n) is 15.3. The fourth-order valence-corrected chi connectivity index (χ4v) is 5.27. The van der Waals surface area contributed by atoms with E-state index in [1.54, 1.807) is 0 Å². The predicted molar refractivity (Wildman–Crippen MR) is 105 cm³/mol. The minimum atomic E-state index is -0.187. The molecular formula is C21H24ClN3O2. The van der Waals surface area contributed by atoms with E-state index < -0.39 is 0 Å². The molecule has 5 rings (SSSR count). The molecule has 1 saturated heterocycles. The van der Waals surface area contributed by atoms with Crippen LogP contribution in [0.5, 0.6) is 0 Å². The van der Waals surface area contributed by atoms with Gasteiger partial charge in [-0.25, -0.2) is 0 Å². The molecule has 27 heavy (non-hydrogen) atoms. The third-order valence-electron chi connectivity index (χ3n) is 6.52. The molecule has 5 nitrogen and oxygen atoms in total. The summed E-state index contributed by atoms with van der Waals surface area (Å²) in [5, 5.41) is 1.81. The van der Waals surface area contributed by atoms with E-state index in [1.807, 2.05) is 28.0 Å². The van der Waals surface area contributed by atoms with Crippen LogP contribution in [0.3, 0.4) is 0 Å². The van der Waals surface area contributed by atoms with Crippen LogP contribution in [-0.4, -0.2) is 45.7 Å². The van der Waals surface area contributed by atoms with Crippen LogP contribution >= 0.6 is 11.6 Å². The average Bonchev–Trinajstić information content (AvgIpc) is 3.38. The molecule has 2 amide bonds. The van der Waals surface area contributed by atoms with E-state index in [-0.39, 0.29) is 17.7 Å². The lowest BCUT2D eigenvalue weighted by molar-refractivity contribution is -0.136. The molecular weight excluding hydrogens is 362 g/mol. The number of likely N-dealkylation sites (tertiary alicyclic amines) is 1. The van der Waals surface area contributed by atoms with Crippen molar-refractivity contribution in [2.24, 2.45) is 5.92 Å². The van der Waals surface area contributed by atoms with Crippen LogP contribution in [0.2, 0.25) is 5.02 Å². The van der Waals surface area contributed by atoms with Crippen molar-refractivity contribution in [3.8, 4) is 0 Å². The van der Waals surface area contributed by atoms with Crippen LogP contribution in [0, 0.1) is 5.92 Å². The molecule has 2 aromatic rings. The first-order chi connectivity index (χ1) is 13.1. The number of amides is 2. The number of nitrogens with one attached hydrogen (secondary N) is 1. The highest BCUT2D eigenvalue weighted by Crippen LogP contribution is 2.33. The maximum Gasteiger partial charge on any atom is 0.228 e. The van der Waals surface area contributed by atoms with Gasteiger partial charge in [-0.2, -0.15) is 0 Å². The van der Waals surface area contributed by atoms with Crippen molar-refractivity contribution in [3.05, 3.63) is 34.5 Å². The molecule has 0 unspecified atom stereocenters. The highest BCUT2D eigenvalue weighted by atomic mass is 35.5. The Hall–Kier alpha value is -2.01. The van der Waals surface area contributed by atoms with Crippen LogP contribution in [0.4, 0.5) is 0 Å². The lowest BCUT2D eigenvalue weighted by atomic mass is 10.0. The summed E-state index contributed by atoms with van der Waals surface area (Å²) in [5.41, 5.74) is 3.44. The molecule has 0 spiro atoms. The number of carbonyl (C=O) groups is 2. The number of hydrogen-bond donors (Lipinski definition) is 1. The minimum absolute atomic E-state index is 0.130. The van der Waals surface area contributed by atoms with Crippen molar-refractivity contribution in [2.45, 2.75) is 51.1 Å². The van der Waals surface area contributed by atoms with E-state index in [1.165, 1.54) is 24.1 Å². The Morgan fingerprint density at radius 2 is 2.04 bits per heavy atom. The first-order valence-electron chi connectivity index (χ1n) is 9.97. The number of fused-ring (bicyclic) bond motifs is 3. The number of H-pyrrole nitrogens is 1. The van der Waals surface area contributed by atoms with Crippen molar-refractivity contribution < 1.29 is 9.59 Å². The van der Waals surface area contributed by atoms with E-state index in [9.17, 15) is 9.59 Å². The number of nitrogens with zero attached hydrogens (tertiary/aromatic N) is 2. The van der Waals surface area contributed by atoms with E-state index in [0.29, 0.717) is 37.1 Å². The average molecular weight is 386 g/mol. The Kier molecular flexibility index (Phi) is 4.15. The molecule has 142 valence electrons. The third kappa shape index (κ3) is 2.92. The largest absolute Gasteiger partial charge is 0.358 e. The molecule has 6 heteroatoms. The fourth-order valence-electron chi connectivity index (χ4n) is 5.10. The number of aromatic nitrogens is 1. The van der Waals surface area contributed by atoms with Gasteiger partial charge in [-0.05, 0) is 31.0 Å². The molecule has 2 aliphatic heterocycles. The summed E-state index contributed by atoms with van der Waals surface area (Å²) in [4.78, 5) is 33.0. The second kappa shape index (κ2) is 6.55. The quantitative estimate of drug-likeness (QED) is 0.860. The summed E-state index contributed by atoms with van der Waals surface area (Å²) in [6.45, 7) is 1.91. The Labute approximate surface area is 163 Å². The number of hydrogen-bond acceptors (Lipinski definition) is 2. The predicted octanol–water partition coefficient (Wildman–Crippen LogP) is 3.50. The first-order valence-corrected chi connectivity index (χ1v) is 10.3. The van der Waals surface area contributed by atoms with E-state index >= 15 is 0 Å². The summed E-state index contributed by atoms with van der Waals surface area (Å²) in [6, 6.07) is 6.22. The summed E-state index contributed by atoms with van der Waals surface area (Å²) >= 11 is 6.18. The second-order valence-electron chi connectivity index (χ2n) is 8.17. The van der Waals surface area contributed by atoms with E-state index in [4.69, 9.17) is 11.6 Å². The van der Waals surface area contributed by atoms with Crippen LogP contribution in [0.25, 0.3) is 10.9 Å². The van der Waals surface area contributed by atoms with E-state index in [2.05, 4.69) is 4.98 Å². The Bertz CT molecular complexity index is 916. The second-order valence-corrected chi connectivity index (χ2v) is 8.60. The Morgan fingerprint density at radius 1 is 1.22 bits per heavy atom. The van der Waals surface area contributed by atoms with Gasteiger partial charge in [0.1, 0.15) is 0 Å². The number of halogens is 1. The smallest absolute Gasteiger partial charge is 0.228 e. The van der Waals surface area contributed by atoms with Crippen molar-refractivity contribution >= 4 is 34.3 Å². The molecule has 1 aromatic heterocycles. The van der Waals surface area contributed by atoms with Gasteiger partial charge in [0.2, 0.25) is 11.8 Å². The molecule has 1 saturated carbocycles. The van der Waals surface area contributed by atoms with Gasteiger partial charge in [0.15, 0.2) is 0 Å². The van der Waals surface area contributed by atoms with Gasteiger partial charge >= 0.3 is 0 Å². The number of carbonyl (C=O) groups excluding carboxylic acids is 2. The van der Waals surface area contributed by atoms with Gasteiger partial charge in [-0.15, -0.1) is 0 Å². The number of rotatable bonds is 2. The summed E-state index contributed by atoms with van der Waals surface area (Å²) < 4.78 is 0. The number of benzene rings is 1. The maximum absolute atomic E-state index is 13.2. The van der Waals surface area contributed by atoms with Crippen LogP contribution in [0.15, 0.2) is 18.2 Å². The standard InChI is InChI=1S/C21H24ClN3O2/c22-14-5-6-18-16(10-14)17-12-24(8-7-19(17)23-18)21(27)13-9-20(26)25(11-13)15-3-1-2-4-15/h5-6,10,13,15,23H,1-4,7-9,11-12H2/t13-/m1/s1. The molecule has 2 fully saturated rings. The monoisotopic (exact) mass is 385 g/mol. The topological polar surface area (TPSA) is 56.4 Å². The van der Waals surface area contributed by atoms with Gasteiger partial charge < -0.3 is 14.8 Å². The van der Waals surface area contributed by atoms with Crippen molar-refractivity contribution in [2.75, 3.05) is 13.1 Å². The van der Waals surface area contributed by atoms with Gasteiger partial charge in [-0.1, -0.05) is 24.4 Å². The molecule has 0 bridgehead atoms. The van der Waals surface area contributed by atoms with Crippen molar-refractivity contribution in [1.82, 2.24) is 14.8 Å². The van der Waals surface area contributed by atoms with Crippen LogP contribution in [0.1, 0.15) is 43.4 Å². The van der Waals surface area contributed by atoms with E-state index in [0.717, 1.165) is 30.2 Å². The van der Waals surface area contributed by atoms with Gasteiger partial charge in [0.05, 0.1) is 5.92 Å². The minimum Gasteiger partial charge on any atom is -0.358 e. The molecule has 1 atom stereocenters. The molecule has 1 aromatic carbocycles. The molecule has 0 radical (unpaired) electrons. The first kappa shape index (κ1) is 17.1. The Morgan fingerprint density at radius 3 is 2.85 bits per heavy atom. The molecule has 3 aliphatic rings. The zero-order valence-corrected chi connectivity index (χ0v) is 16.1. The zero-order chi connectivity index (χ0) is 18.5. The van der Waals surface area contributed by atoms with Gasteiger partial charge in [0, 0.05) is 65.7 Å². The van der Waals surface area contributed by atoms with Gasteiger partial charge in [-0.3, -0.25) is 9.59 Å². The molecule has 3 heterocycles. The Balaban J connectivity index is 1.34. The fraction of sp³-hybridized carbons (Fsp3) is 0.524. The molecule has 1 aliphatic carbocycles. The molecule has 1 N–H and O–H groups in total. The lowest BCUT2D eigenvalue weighted by Crippen LogP contribution is -2.41. The lowest BCUT2D eigenvalue weighted by Gasteiger charge is -2.30. The highest BCUT2D eigenvalue weighted by Gasteiger charge is 2.40. The maximum atomic E-state index is 13.2. The highest BCUT2D eigenvalue weighted by molar-refractivity contribution is 6.31. The third-order valence-corrected chi connectivity index (χ3v) is 6.76. The summed E-state index contributed by atoms with van der Waals surface area (Å²) in [5.74, 6) is 0.108. The normalized spacial score (nSPS) is 23.4. The van der Waals surface area contributed by atoms with Crippen LogP contribution < -0.4 is 0 Å². The van der Waals surface area contributed by atoms with Crippen LogP contribution in [-0.2, 0) is 22.6 Å². The summed E-state index contributed by atoms with van der Waals surface area (Å²) in [7, 11) is 0. The SMILES string of the molecule is O=C([C@@H]1CC(=O)N(C2CCCC2)C1)N1CCc2[nH]c3ccc(Cl)cc3c2C1. The van der Waals surface area contributed by atoms with Crippen molar-refractivity contribution in [1.29, 1.82) is 0 Å². The summed E-state index contributed by atoms with van der Waals surface area (Å²) in [6.07, 6.45) is 5.78.